The van der Waals surface area contributed by atoms with E-state index in [0.29, 0.717) is 36.9 Å². The number of nitro groups is 1. The summed E-state index contributed by atoms with van der Waals surface area (Å²) in [6.45, 7) is 6.18. The van der Waals surface area contributed by atoms with Crippen molar-refractivity contribution >= 4 is 29.0 Å². The van der Waals surface area contributed by atoms with E-state index in [0.717, 1.165) is 5.56 Å². The summed E-state index contributed by atoms with van der Waals surface area (Å²) in [6, 6.07) is 14.4. The van der Waals surface area contributed by atoms with Gasteiger partial charge in [-0.25, -0.2) is 4.79 Å². The zero-order valence-corrected chi connectivity index (χ0v) is 17.3. The maximum absolute atomic E-state index is 12.8. The zero-order chi connectivity index (χ0) is 21.0. The lowest BCUT2D eigenvalue weighted by Gasteiger charge is -2.37. The van der Waals surface area contributed by atoms with Gasteiger partial charge in [0.25, 0.3) is 5.69 Å². The van der Waals surface area contributed by atoms with Crippen LogP contribution >= 0.6 is 11.6 Å². The molecular weight excluding hydrogens is 392 g/mol. The number of amides is 2. The van der Waals surface area contributed by atoms with Gasteiger partial charge < -0.3 is 15.1 Å². The van der Waals surface area contributed by atoms with Crippen LogP contribution in [0.4, 0.5) is 16.2 Å². The number of benzene rings is 2. The summed E-state index contributed by atoms with van der Waals surface area (Å²) >= 11 is 5.90. The largest absolute Gasteiger partial charge is 0.362 e. The number of nitro benzene ring substituents is 1. The van der Waals surface area contributed by atoms with E-state index in [2.05, 4.69) is 19.2 Å². The Balaban J connectivity index is 1.65. The Bertz CT molecular complexity index is 867. The molecule has 8 heteroatoms. The minimum Gasteiger partial charge on any atom is -0.362 e. The van der Waals surface area contributed by atoms with E-state index >= 15 is 0 Å². The second kappa shape index (κ2) is 9.13. The third-order valence-electron chi connectivity index (χ3n) is 5.15. The molecule has 1 aliphatic rings. The molecule has 2 aromatic rings. The molecule has 3 rings (SSSR count). The first-order valence-electron chi connectivity index (χ1n) is 9.66. The number of halogens is 1. The van der Waals surface area contributed by atoms with Gasteiger partial charge in [0, 0.05) is 37.3 Å². The van der Waals surface area contributed by atoms with E-state index in [9.17, 15) is 14.9 Å². The molecule has 2 amide bonds. The first-order chi connectivity index (χ1) is 13.9. The van der Waals surface area contributed by atoms with Gasteiger partial charge in [0.15, 0.2) is 0 Å². The molecule has 1 heterocycles. The maximum atomic E-state index is 12.8. The van der Waals surface area contributed by atoms with Crippen molar-refractivity contribution in [2.75, 3.05) is 31.1 Å². The Hall–Kier alpha value is -2.80. The molecule has 1 saturated heterocycles. The van der Waals surface area contributed by atoms with E-state index in [4.69, 9.17) is 11.6 Å². The van der Waals surface area contributed by atoms with Crippen molar-refractivity contribution in [2.45, 2.75) is 19.9 Å². The summed E-state index contributed by atoms with van der Waals surface area (Å²) < 4.78 is 0. The van der Waals surface area contributed by atoms with E-state index in [1.54, 1.807) is 17.0 Å². The molecule has 1 unspecified atom stereocenters. The Morgan fingerprint density at radius 1 is 1.10 bits per heavy atom. The number of piperazine rings is 1. The highest BCUT2D eigenvalue weighted by atomic mass is 35.5. The number of urea groups is 1. The van der Waals surface area contributed by atoms with E-state index < -0.39 is 4.92 Å². The van der Waals surface area contributed by atoms with Crippen LogP contribution in [0.3, 0.4) is 0 Å². The number of anilines is 1. The molecule has 0 radical (unpaired) electrons. The Kier molecular flexibility index (Phi) is 6.59. The summed E-state index contributed by atoms with van der Waals surface area (Å²) in [4.78, 5) is 27.4. The van der Waals surface area contributed by atoms with Crippen LogP contribution in [0.1, 0.15) is 25.5 Å². The van der Waals surface area contributed by atoms with Crippen molar-refractivity contribution in [1.29, 1.82) is 0 Å². The molecule has 154 valence electrons. The Morgan fingerprint density at radius 3 is 2.34 bits per heavy atom. The summed E-state index contributed by atoms with van der Waals surface area (Å²) in [6.07, 6.45) is 0. The first kappa shape index (κ1) is 20.9. The average molecular weight is 417 g/mol. The summed E-state index contributed by atoms with van der Waals surface area (Å²) in [5.41, 5.74) is 1.59. The third kappa shape index (κ3) is 4.98. The van der Waals surface area contributed by atoms with Gasteiger partial charge in [0.2, 0.25) is 0 Å². The van der Waals surface area contributed by atoms with Crippen molar-refractivity contribution in [2.24, 2.45) is 5.92 Å². The lowest BCUT2D eigenvalue weighted by Crippen LogP contribution is -2.52. The average Bonchev–Trinajstić information content (AvgIpc) is 2.72. The fourth-order valence-electron chi connectivity index (χ4n) is 3.58. The molecule has 0 aliphatic carbocycles. The highest BCUT2D eigenvalue weighted by Crippen LogP contribution is 2.31. The summed E-state index contributed by atoms with van der Waals surface area (Å²) in [5, 5.41) is 14.8. The fraction of sp³-hybridized carbons (Fsp3) is 0.381. The lowest BCUT2D eigenvalue weighted by molar-refractivity contribution is -0.384. The standard InChI is InChI=1S/C21H25ClN4O3/c1-15(2)20(16-6-4-3-5-7-16)23-21(27)25-12-10-24(11-13-25)18-9-8-17(22)14-19(18)26(28)29/h3-9,14-15,20H,10-13H2,1-2H3,(H,23,27). The maximum Gasteiger partial charge on any atom is 0.318 e. The number of hydrogen-bond acceptors (Lipinski definition) is 4. The Labute approximate surface area is 175 Å². The molecule has 0 bridgehead atoms. The van der Waals surface area contributed by atoms with Gasteiger partial charge in [-0.15, -0.1) is 0 Å². The number of nitrogens with one attached hydrogen (secondary N) is 1. The zero-order valence-electron chi connectivity index (χ0n) is 16.5. The van der Waals surface area contributed by atoms with Crippen molar-refractivity contribution in [3.8, 4) is 0 Å². The highest BCUT2D eigenvalue weighted by Gasteiger charge is 2.27. The molecule has 29 heavy (non-hydrogen) atoms. The van der Waals surface area contributed by atoms with Crippen LogP contribution in [-0.2, 0) is 0 Å². The van der Waals surface area contributed by atoms with Crippen LogP contribution < -0.4 is 10.2 Å². The molecule has 0 spiro atoms. The number of carbonyl (C=O) groups is 1. The summed E-state index contributed by atoms with van der Waals surface area (Å²) in [7, 11) is 0. The predicted octanol–water partition coefficient (Wildman–Crippen LogP) is 4.48. The van der Waals surface area contributed by atoms with Crippen LogP contribution in [-0.4, -0.2) is 42.0 Å². The van der Waals surface area contributed by atoms with Crippen LogP contribution in [0.2, 0.25) is 5.02 Å². The second-order valence-corrected chi connectivity index (χ2v) is 7.88. The predicted molar refractivity (Wildman–Crippen MR) is 114 cm³/mol. The van der Waals surface area contributed by atoms with E-state index in [-0.39, 0.29) is 23.7 Å². The molecule has 1 aliphatic heterocycles. The van der Waals surface area contributed by atoms with Gasteiger partial charge in [0.1, 0.15) is 5.69 Å². The fourth-order valence-corrected chi connectivity index (χ4v) is 3.75. The van der Waals surface area contributed by atoms with Gasteiger partial charge in [-0.05, 0) is 23.6 Å². The molecule has 1 N–H and O–H groups in total. The van der Waals surface area contributed by atoms with Crippen LogP contribution in [0, 0.1) is 16.0 Å². The highest BCUT2D eigenvalue weighted by molar-refractivity contribution is 6.30. The molecule has 7 nitrogen and oxygen atoms in total. The van der Waals surface area contributed by atoms with E-state index in [1.165, 1.54) is 6.07 Å². The van der Waals surface area contributed by atoms with Crippen LogP contribution in [0.25, 0.3) is 0 Å². The third-order valence-corrected chi connectivity index (χ3v) is 5.38. The molecule has 1 fully saturated rings. The number of hydrogen-bond donors (Lipinski definition) is 1. The van der Waals surface area contributed by atoms with Crippen LogP contribution in [0.5, 0.6) is 0 Å². The van der Waals surface area contributed by atoms with Crippen molar-refractivity contribution in [3.63, 3.8) is 0 Å². The quantitative estimate of drug-likeness (QED) is 0.575. The van der Waals surface area contributed by atoms with Gasteiger partial charge >= 0.3 is 6.03 Å². The molecule has 2 aromatic carbocycles. The lowest BCUT2D eigenvalue weighted by atomic mass is 9.96. The smallest absolute Gasteiger partial charge is 0.318 e. The molecule has 1 atom stereocenters. The monoisotopic (exact) mass is 416 g/mol. The molecule has 0 aromatic heterocycles. The number of nitrogens with zero attached hydrogens (tertiary/aromatic N) is 3. The van der Waals surface area contributed by atoms with E-state index in [1.807, 2.05) is 35.2 Å². The minimum absolute atomic E-state index is 0.0145. The topological polar surface area (TPSA) is 78.7 Å². The summed E-state index contributed by atoms with van der Waals surface area (Å²) in [5.74, 6) is 0.249. The molecule has 0 saturated carbocycles. The second-order valence-electron chi connectivity index (χ2n) is 7.45. The van der Waals surface area contributed by atoms with Crippen molar-refractivity contribution < 1.29 is 9.72 Å². The van der Waals surface area contributed by atoms with Crippen molar-refractivity contribution in [1.82, 2.24) is 10.2 Å². The van der Waals surface area contributed by atoms with Gasteiger partial charge in [-0.1, -0.05) is 55.8 Å². The van der Waals surface area contributed by atoms with Gasteiger partial charge in [0.05, 0.1) is 11.0 Å². The van der Waals surface area contributed by atoms with Crippen LogP contribution in [0.15, 0.2) is 48.5 Å². The molecular formula is C21H25ClN4O3. The Morgan fingerprint density at radius 2 is 1.76 bits per heavy atom. The first-order valence-corrected chi connectivity index (χ1v) is 10.0. The SMILES string of the molecule is CC(C)C(NC(=O)N1CCN(c2ccc(Cl)cc2[N+](=O)[O-])CC1)c1ccccc1. The van der Waals surface area contributed by atoms with Gasteiger partial charge in [-0.2, -0.15) is 0 Å². The minimum atomic E-state index is -0.423. The number of carbonyl (C=O) groups excluding carboxylic acids is 1. The van der Waals surface area contributed by atoms with Crippen molar-refractivity contribution in [3.05, 3.63) is 69.2 Å². The number of rotatable bonds is 5. The van der Waals surface area contributed by atoms with Gasteiger partial charge in [-0.3, -0.25) is 10.1 Å². The normalized spacial score (nSPS) is 15.3.